The Morgan fingerprint density at radius 2 is 2.06 bits per heavy atom. The van der Waals surface area contributed by atoms with Gasteiger partial charge in [0.2, 0.25) is 5.91 Å². The minimum atomic E-state index is -0.604. The van der Waals surface area contributed by atoms with E-state index in [4.69, 9.17) is 0 Å². The minimum Gasteiger partial charge on any atom is -0.343 e. The lowest BCUT2D eigenvalue weighted by Crippen LogP contribution is -2.28. The van der Waals surface area contributed by atoms with Crippen molar-refractivity contribution < 1.29 is 14.5 Å². The number of hydrogen-bond donors (Lipinski definition) is 2. The lowest BCUT2D eigenvalue weighted by molar-refractivity contribution is -0.384. The Morgan fingerprint density at radius 3 is 2.71 bits per heavy atom. The second-order valence-corrected chi connectivity index (χ2v) is 3.64. The standard InChI is InChI=1S/C10H9N3O4/c1-5-2-3-6-8(9(5)13(16)17)12-7(14)4-11-10(6)15/h2-3H,4H2,1H3,(H,11,15)(H,12,14). The van der Waals surface area contributed by atoms with Gasteiger partial charge in [0.25, 0.3) is 11.6 Å². The van der Waals surface area contributed by atoms with Crippen LogP contribution in [-0.4, -0.2) is 23.3 Å². The van der Waals surface area contributed by atoms with Gasteiger partial charge in [-0.05, 0) is 13.0 Å². The van der Waals surface area contributed by atoms with E-state index in [1.54, 1.807) is 6.92 Å². The molecule has 0 unspecified atom stereocenters. The number of nitro groups is 1. The molecule has 1 heterocycles. The average Bonchev–Trinajstić information content (AvgIpc) is 2.38. The van der Waals surface area contributed by atoms with Gasteiger partial charge in [0, 0.05) is 5.56 Å². The zero-order chi connectivity index (χ0) is 12.6. The molecule has 0 saturated heterocycles. The van der Waals surface area contributed by atoms with Crippen molar-refractivity contribution in [3.05, 3.63) is 33.4 Å². The van der Waals surface area contributed by atoms with Gasteiger partial charge in [-0.15, -0.1) is 0 Å². The summed E-state index contributed by atoms with van der Waals surface area (Å²) in [7, 11) is 0. The number of carbonyl (C=O) groups is 2. The third-order valence-electron chi connectivity index (χ3n) is 2.48. The van der Waals surface area contributed by atoms with E-state index in [2.05, 4.69) is 10.6 Å². The van der Waals surface area contributed by atoms with Crippen molar-refractivity contribution in [2.45, 2.75) is 6.92 Å². The number of benzene rings is 1. The number of anilines is 1. The molecule has 0 bridgehead atoms. The van der Waals surface area contributed by atoms with Crippen LogP contribution in [0.4, 0.5) is 11.4 Å². The molecule has 0 spiro atoms. The first-order valence-corrected chi connectivity index (χ1v) is 4.86. The molecule has 88 valence electrons. The van der Waals surface area contributed by atoms with Crippen molar-refractivity contribution in [1.29, 1.82) is 0 Å². The average molecular weight is 235 g/mol. The Labute approximate surface area is 96.0 Å². The summed E-state index contributed by atoms with van der Waals surface area (Å²) in [6.07, 6.45) is 0. The zero-order valence-corrected chi connectivity index (χ0v) is 8.94. The normalized spacial score (nSPS) is 14.4. The molecule has 0 saturated carbocycles. The van der Waals surface area contributed by atoms with Crippen molar-refractivity contribution in [3.63, 3.8) is 0 Å². The number of nitrogens with zero attached hydrogens (tertiary/aromatic N) is 1. The van der Waals surface area contributed by atoms with Crippen LogP contribution in [0.3, 0.4) is 0 Å². The summed E-state index contributed by atoms with van der Waals surface area (Å²) < 4.78 is 0. The summed E-state index contributed by atoms with van der Waals surface area (Å²) in [5, 5.41) is 15.7. The number of hydrogen-bond acceptors (Lipinski definition) is 4. The van der Waals surface area contributed by atoms with Crippen molar-refractivity contribution in [3.8, 4) is 0 Å². The van der Waals surface area contributed by atoms with Crippen LogP contribution in [0.25, 0.3) is 0 Å². The molecule has 0 radical (unpaired) electrons. The molecular weight excluding hydrogens is 226 g/mol. The Morgan fingerprint density at radius 1 is 1.35 bits per heavy atom. The highest BCUT2D eigenvalue weighted by Gasteiger charge is 2.28. The fourth-order valence-electron chi connectivity index (χ4n) is 1.69. The molecule has 0 atom stereocenters. The summed E-state index contributed by atoms with van der Waals surface area (Å²) >= 11 is 0. The Kier molecular flexibility index (Phi) is 2.51. The first kappa shape index (κ1) is 11.1. The number of amides is 2. The predicted molar refractivity (Wildman–Crippen MR) is 58.8 cm³/mol. The van der Waals surface area contributed by atoms with E-state index in [9.17, 15) is 19.7 Å². The smallest absolute Gasteiger partial charge is 0.296 e. The Balaban J connectivity index is 2.70. The van der Waals surface area contributed by atoms with Crippen LogP contribution in [0, 0.1) is 17.0 Å². The van der Waals surface area contributed by atoms with E-state index in [1.807, 2.05) is 0 Å². The summed E-state index contributed by atoms with van der Waals surface area (Å²) in [5.41, 5.74) is 0.222. The summed E-state index contributed by atoms with van der Waals surface area (Å²) in [5.74, 6) is -0.979. The molecule has 1 aliphatic heterocycles. The number of aryl methyl sites for hydroxylation is 1. The summed E-state index contributed by atoms with van der Waals surface area (Å²) in [4.78, 5) is 33.3. The van der Waals surface area contributed by atoms with Crippen LogP contribution in [0.2, 0.25) is 0 Å². The van der Waals surface area contributed by atoms with Gasteiger partial charge in [0.1, 0.15) is 5.69 Å². The monoisotopic (exact) mass is 235 g/mol. The van der Waals surface area contributed by atoms with Crippen molar-refractivity contribution >= 4 is 23.2 Å². The van der Waals surface area contributed by atoms with Gasteiger partial charge in [-0.2, -0.15) is 0 Å². The van der Waals surface area contributed by atoms with Crippen LogP contribution in [0.5, 0.6) is 0 Å². The number of nitro benzene ring substituents is 1. The highest BCUT2D eigenvalue weighted by atomic mass is 16.6. The molecule has 7 nitrogen and oxygen atoms in total. The van der Waals surface area contributed by atoms with Gasteiger partial charge in [-0.25, -0.2) is 0 Å². The van der Waals surface area contributed by atoms with E-state index in [0.717, 1.165) is 0 Å². The highest BCUT2D eigenvalue weighted by molar-refractivity contribution is 6.10. The maximum atomic E-state index is 11.6. The first-order chi connectivity index (χ1) is 8.00. The fraction of sp³-hybridized carbons (Fsp3) is 0.200. The predicted octanol–water partition coefficient (Wildman–Crippen LogP) is 0.585. The molecule has 0 aliphatic carbocycles. The van der Waals surface area contributed by atoms with Crippen LogP contribution in [0.15, 0.2) is 12.1 Å². The maximum Gasteiger partial charge on any atom is 0.296 e. The molecule has 1 aromatic carbocycles. The molecule has 2 rings (SSSR count). The van der Waals surface area contributed by atoms with E-state index < -0.39 is 16.7 Å². The second kappa shape index (κ2) is 3.85. The van der Waals surface area contributed by atoms with Crippen molar-refractivity contribution in [1.82, 2.24) is 5.32 Å². The van der Waals surface area contributed by atoms with Gasteiger partial charge in [-0.3, -0.25) is 19.7 Å². The zero-order valence-electron chi connectivity index (χ0n) is 8.94. The summed E-state index contributed by atoms with van der Waals surface area (Å²) in [6, 6.07) is 2.94. The van der Waals surface area contributed by atoms with E-state index in [1.165, 1.54) is 12.1 Å². The number of carbonyl (C=O) groups excluding carboxylic acids is 2. The highest BCUT2D eigenvalue weighted by Crippen LogP contribution is 2.32. The van der Waals surface area contributed by atoms with Crippen molar-refractivity contribution in [2.75, 3.05) is 11.9 Å². The van der Waals surface area contributed by atoms with Crippen molar-refractivity contribution in [2.24, 2.45) is 0 Å². The van der Waals surface area contributed by atoms with Crippen LogP contribution < -0.4 is 10.6 Å². The molecule has 1 aromatic rings. The fourth-order valence-corrected chi connectivity index (χ4v) is 1.69. The van der Waals surface area contributed by atoms with E-state index in [-0.39, 0.29) is 23.5 Å². The Bertz CT molecular complexity index is 539. The molecule has 1 aliphatic rings. The molecule has 0 fully saturated rings. The minimum absolute atomic E-state index is 0.0324. The van der Waals surface area contributed by atoms with Gasteiger partial charge >= 0.3 is 0 Å². The number of fused-ring (bicyclic) bond motifs is 1. The van der Waals surface area contributed by atoms with E-state index >= 15 is 0 Å². The third-order valence-corrected chi connectivity index (χ3v) is 2.48. The molecule has 17 heavy (non-hydrogen) atoms. The largest absolute Gasteiger partial charge is 0.343 e. The quantitative estimate of drug-likeness (QED) is 0.549. The summed E-state index contributed by atoms with van der Waals surface area (Å²) in [6.45, 7) is 1.36. The molecule has 7 heteroatoms. The lowest BCUT2D eigenvalue weighted by Gasteiger charge is -2.07. The SMILES string of the molecule is Cc1ccc2c(c1[N+](=O)[O-])NC(=O)CNC2=O. The third kappa shape index (κ3) is 1.82. The molecule has 0 aromatic heterocycles. The number of nitrogens with one attached hydrogen (secondary N) is 2. The van der Waals surface area contributed by atoms with Gasteiger partial charge in [0.05, 0.1) is 17.0 Å². The number of rotatable bonds is 1. The van der Waals surface area contributed by atoms with Gasteiger partial charge in [0.15, 0.2) is 0 Å². The van der Waals surface area contributed by atoms with Gasteiger partial charge in [-0.1, -0.05) is 6.07 Å². The lowest BCUT2D eigenvalue weighted by atomic mass is 10.1. The van der Waals surface area contributed by atoms with E-state index in [0.29, 0.717) is 5.56 Å². The molecule has 2 amide bonds. The van der Waals surface area contributed by atoms with Crippen LogP contribution in [-0.2, 0) is 4.79 Å². The molecule has 2 N–H and O–H groups in total. The van der Waals surface area contributed by atoms with Crippen LogP contribution in [0.1, 0.15) is 15.9 Å². The maximum absolute atomic E-state index is 11.6. The van der Waals surface area contributed by atoms with Crippen LogP contribution >= 0.6 is 0 Å². The first-order valence-electron chi connectivity index (χ1n) is 4.86. The van der Waals surface area contributed by atoms with Gasteiger partial charge < -0.3 is 10.6 Å². The topological polar surface area (TPSA) is 101 Å². The second-order valence-electron chi connectivity index (χ2n) is 3.64. The Hall–Kier alpha value is -2.44. The molecular formula is C10H9N3O4.